The fraction of sp³-hybridized carbons (Fsp3) is 0.190. The minimum absolute atomic E-state index is 0.00796. The second-order valence-corrected chi connectivity index (χ2v) is 6.69. The summed E-state index contributed by atoms with van der Waals surface area (Å²) in [7, 11) is 0. The van der Waals surface area contributed by atoms with Crippen molar-refractivity contribution in [3.63, 3.8) is 0 Å². The summed E-state index contributed by atoms with van der Waals surface area (Å²) < 4.78 is 41.6. The van der Waals surface area contributed by atoms with Crippen molar-refractivity contribution in [3.05, 3.63) is 82.3 Å². The minimum atomic E-state index is -1.23. The molecule has 1 aliphatic rings. The van der Waals surface area contributed by atoms with Crippen LogP contribution in [-0.4, -0.2) is 16.0 Å². The largest absolute Gasteiger partial charge is 0.294 e. The van der Waals surface area contributed by atoms with Crippen LogP contribution in [0.3, 0.4) is 0 Å². The number of rotatable bonds is 2. The Balaban J connectivity index is 1.74. The molecule has 0 bridgehead atoms. The Morgan fingerprint density at radius 3 is 2.41 bits per heavy atom. The summed E-state index contributed by atoms with van der Waals surface area (Å²) in [5.41, 5.74) is 1.31. The van der Waals surface area contributed by atoms with Crippen LogP contribution in [0.25, 0.3) is 11.3 Å². The number of carbonyl (C=O) groups is 1. The van der Waals surface area contributed by atoms with E-state index in [0.29, 0.717) is 24.1 Å². The average Bonchev–Trinajstić information content (AvgIpc) is 2.69. The van der Waals surface area contributed by atoms with Gasteiger partial charge in [0.25, 0.3) is 0 Å². The normalized spacial score (nSPS) is 16.3. The summed E-state index contributed by atoms with van der Waals surface area (Å²) in [6.45, 7) is 1.15. The molecular formula is C21H15F3N2O. The van der Waals surface area contributed by atoms with Gasteiger partial charge in [0.1, 0.15) is 5.82 Å². The molecule has 2 aromatic carbocycles. The van der Waals surface area contributed by atoms with Crippen molar-refractivity contribution >= 4 is 5.78 Å². The molecule has 1 heterocycles. The highest BCUT2D eigenvalue weighted by molar-refractivity contribution is 5.99. The highest BCUT2D eigenvalue weighted by Gasteiger charge is 2.29. The highest BCUT2D eigenvalue weighted by Crippen LogP contribution is 2.34. The molecule has 0 N–H and O–H groups in total. The molecule has 1 atom stereocenters. The molecular weight excluding hydrogens is 353 g/mol. The van der Waals surface area contributed by atoms with E-state index >= 15 is 0 Å². The van der Waals surface area contributed by atoms with E-state index in [4.69, 9.17) is 0 Å². The van der Waals surface area contributed by atoms with E-state index in [1.165, 1.54) is 6.07 Å². The van der Waals surface area contributed by atoms with E-state index in [0.717, 1.165) is 18.6 Å². The first-order valence-corrected chi connectivity index (χ1v) is 8.55. The van der Waals surface area contributed by atoms with Gasteiger partial charge >= 0.3 is 0 Å². The molecule has 4 rings (SSSR count). The lowest BCUT2D eigenvalue weighted by Crippen LogP contribution is -2.21. The zero-order chi connectivity index (χ0) is 19.1. The predicted molar refractivity (Wildman–Crippen MR) is 93.9 cm³/mol. The molecule has 0 saturated carbocycles. The topological polar surface area (TPSA) is 42.9 Å². The number of fused-ring (bicyclic) bond motifs is 1. The first kappa shape index (κ1) is 17.4. The maximum absolute atomic E-state index is 14.4. The fourth-order valence-corrected chi connectivity index (χ4v) is 3.46. The third kappa shape index (κ3) is 3.01. The van der Waals surface area contributed by atoms with Gasteiger partial charge in [-0.1, -0.05) is 30.3 Å². The van der Waals surface area contributed by atoms with Crippen LogP contribution < -0.4 is 0 Å². The van der Waals surface area contributed by atoms with Crippen LogP contribution in [0.1, 0.15) is 39.5 Å². The van der Waals surface area contributed by atoms with Gasteiger partial charge in [-0.05, 0) is 37.0 Å². The van der Waals surface area contributed by atoms with Crippen molar-refractivity contribution in [2.45, 2.75) is 25.7 Å². The lowest BCUT2D eigenvalue weighted by molar-refractivity contribution is 0.0962. The minimum Gasteiger partial charge on any atom is -0.294 e. The maximum Gasteiger partial charge on any atom is 0.165 e. The lowest BCUT2D eigenvalue weighted by atomic mass is 9.81. The first-order chi connectivity index (χ1) is 13.0. The zero-order valence-corrected chi connectivity index (χ0v) is 14.5. The van der Waals surface area contributed by atoms with Gasteiger partial charge in [-0.2, -0.15) is 10.2 Å². The van der Waals surface area contributed by atoms with Crippen molar-refractivity contribution in [2.24, 2.45) is 0 Å². The molecule has 0 aliphatic heterocycles. The van der Waals surface area contributed by atoms with Crippen LogP contribution in [0, 0.1) is 24.4 Å². The predicted octanol–water partition coefficient (Wildman–Crippen LogP) is 4.78. The Labute approximate surface area is 153 Å². The van der Waals surface area contributed by atoms with Gasteiger partial charge in [-0.15, -0.1) is 0 Å². The second-order valence-electron chi connectivity index (χ2n) is 6.69. The molecule has 3 nitrogen and oxygen atoms in total. The summed E-state index contributed by atoms with van der Waals surface area (Å²) in [5.74, 6) is -3.43. The third-order valence-corrected chi connectivity index (χ3v) is 4.96. The Bertz CT molecular complexity index is 1050. The van der Waals surface area contributed by atoms with Gasteiger partial charge in [-0.3, -0.25) is 4.79 Å². The number of halogens is 3. The maximum atomic E-state index is 14.4. The van der Waals surface area contributed by atoms with E-state index in [9.17, 15) is 18.0 Å². The van der Waals surface area contributed by atoms with Gasteiger partial charge < -0.3 is 0 Å². The second kappa shape index (κ2) is 6.61. The molecule has 27 heavy (non-hydrogen) atoms. The van der Waals surface area contributed by atoms with E-state index in [1.54, 1.807) is 0 Å². The Morgan fingerprint density at radius 1 is 0.926 bits per heavy atom. The zero-order valence-electron chi connectivity index (χ0n) is 14.5. The SMILES string of the molecule is Cc1c(F)c(F)cc(-c2cc3c(nn2)CC(c2ccccc2)CC3=O)c1F. The fourth-order valence-electron chi connectivity index (χ4n) is 3.46. The van der Waals surface area contributed by atoms with Crippen molar-refractivity contribution in [2.75, 3.05) is 0 Å². The molecule has 0 amide bonds. The number of carbonyl (C=O) groups excluding carboxylic acids is 1. The molecule has 3 aromatic rings. The number of nitrogens with zero attached hydrogens (tertiary/aromatic N) is 2. The van der Waals surface area contributed by atoms with Crippen LogP contribution in [0.2, 0.25) is 0 Å². The van der Waals surface area contributed by atoms with E-state index in [2.05, 4.69) is 10.2 Å². The average molecular weight is 368 g/mol. The standard InChI is InChI=1S/C21H15F3N2O/c1-11-20(23)15(9-16(22)21(11)24)18-10-14-17(25-26-18)7-13(8-19(14)27)12-5-3-2-4-6-12/h2-6,9-10,13H,7-8H2,1H3. The number of Topliss-reactive ketones (excluding diaryl/α,β-unsaturated/α-hetero) is 1. The summed E-state index contributed by atoms with van der Waals surface area (Å²) >= 11 is 0. The quantitative estimate of drug-likeness (QED) is 0.611. The number of hydrogen-bond acceptors (Lipinski definition) is 3. The van der Waals surface area contributed by atoms with Crippen LogP contribution in [0.5, 0.6) is 0 Å². The first-order valence-electron chi connectivity index (χ1n) is 8.55. The summed E-state index contributed by atoms with van der Waals surface area (Å²) in [6.07, 6.45) is 0.846. The molecule has 136 valence electrons. The Kier molecular flexibility index (Phi) is 4.26. The molecule has 1 aromatic heterocycles. The van der Waals surface area contributed by atoms with Gasteiger partial charge in [-0.25, -0.2) is 13.2 Å². The third-order valence-electron chi connectivity index (χ3n) is 4.96. The van der Waals surface area contributed by atoms with Crippen LogP contribution in [0.4, 0.5) is 13.2 Å². The Morgan fingerprint density at radius 2 is 1.67 bits per heavy atom. The van der Waals surface area contributed by atoms with Gasteiger partial charge in [0.2, 0.25) is 0 Å². The van der Waals surface area contributed by atoms with Gasteiger partial charge in [0.15, 0.2) is 17.4 Å². The van der Waals surface area contributed by atoms with Crippen LogP contribution in [-0.2, 0) is 6.42 Å². The summed E-state index contributed by atoms with van der Waals surface area (Å²) in [4.78, 5) is 12.6. The smallest absolute Gasteiger partial charge is 0.165 e. The van der Waals surface area contributed by atoms with Crippen molar-refractivity contribution in [3.8, 4) is 11.3 Å². The van der Waals surface area contributed by atoms with E-state index in [-0.39, 0.29) is 23.0 Å². The molecule has 0 radical (unpaired) electrons. The van der Waals surface area contributed by atoms with Gasteiger partial charge in [0.05, 0.1) is 11.4 Å². The monoisotopic (exact) mass is 368 g/mol. The van der Waals surface area contributed by atoms with Crippen LogP contribution in [0.15, 0.2) is 42.5 Å². The number of benzene rings is 2. The lowest BCUT2D eigenvalue weighted by Gasteiger charge is -2.23. The van der Waals surface area contributed by atoms with Crippen LogP contribution >= 0.6 is 0 Å². The van der Waals surface area contributed by atoms with E-state index in [1.807, 2.05) is 30.3 Å². The molecule has 6 heteroatoms. The molecule has 1 aliphatic carbocycles. The highest BCUT2D eigenvalue weighted by atomic mass is 19.2. The van der Waals surface area contributed by atoms with Crippen molar-refractivity contribution < 1.29 is 18.0 Å². The molecule has 0 fully saturated rings. The number of hydrogen-bond donors (Lipinski definition) is 0. The summed E-state index contributed by atoms with van der Waals surface area (Å²) in [5, 5.41) is 8.06. The van der Waals surface area contributed by atoms with Crippen molar-refractivity contribution in [1.29, 1.82) is 0 Å². The summed E-state index contributed by atoms with van der Waals surface area (Å²) in [6, 6.07) is 11.8. The van der Waals surface area contributed by atoms with Gasteiger partial charge in [0, 0.05) is 23.1 Å². The van der Waals surface area contributed by atoms with Crippen molar-refractivity contribution in [1.82, 2.24) is 10.2 Å². The number of ketones is 1. The Hall–Kier alpha value is -3.02. The van der Waals surface area contributed by atoms with E-state index < -0.39 is 23.0 Å². The molecule has 0 spiro atoms. The number of aromatic nitrogens is 2. The molecule has 0 saturated heterocycles. The molecule has 1 unspecified atom stereocenters.